The molecule has 0 spiro atoms. The summed E-state index contributed by atoms with van der Waals surface area (Å²) >= 11 is 0. The molecule has 0 aliphatic carbocycles. The van der Waals surface area contributed by atoms with Crippen LogP contribution in [-0.4, -0.2) is 24.0 Å². The molecule has 7 heteroatoms. The first-order chi connectivity index (χ1) is 12.8. The monoisotopic (exact) mass is 405 g/mol. The van der Waals surface area contributed by atoms with Gasteiger partial charge in [-0.05, 0) is 50.1 Å². The van der Waals surface area contributed by atoms with Crippen molar-refractivity contribution in [1.29, 1.82) is 0 Å². The Bertz CT molecular complexity index is 744. The third kappa shape index (κ3) is 8.41. The van der Waals surface area contributed by atoms with E-state index in [0.29, 0.717) is 26.0 Å². The van der Waals surface area contributed by atoms with Crippen LogP contribution in [0.3, 0.4) is 0 Å². The normalized spacial score (nSPS) is 10.5. The third-order valence-electron chi connectivity index (χ3n) is 3.84. The number of amides is 2. The van der Waals surface area contributed by atoms with E-state index < -0.39 is 5.54 Å². The number of hydrogen-bond donors (Lipinski definition) is 3. The fraction of sp³-hybridized carbons (Fsp3) is 0.333. The van der Waals surface area contributed by atoms with Crippen LogP contribution in [0, 0.1) is 0 Å². The lowest BCUT2D eigenvalue weighted by molar-refractivity contribution is -0.125. The molecule has 0 radical (unpaired) electrons. The van der Waals surface area contributed by atoms with Crippen LogP contribution in [0.1, 0.15) is 32.3 Å². The number of para-hydroxylation sites is 1. The van der Waals surface area contributed by atoms with Gasteiger partial charge in [0, 0.05) is 18.7 Å². The Morgan fingerprint density at radius 3 is 2.29 bits per heavy atom. The number of anilines is 1. The van der Waals surface area contributed by atoms with Gasteiger partial charge in [0.25, 0.3) is 0 Å². The maximum atomic E-state index is 12.0. The fourth-order valence-electron chi connectivity index (χ4n) is 2.28. The molecule has 0 saturated carbocycles. The van der Waals surface area contributed by atoms with Gasteiger partial charge >= 0.3 is 0 Å². The zero-order valence-electron chi connectivity index (χ0n) is 16.2. The lowest BCUT2D eigenvalue weighted by Crippen LogP contribution is -2.48. The number of benzene rings is 2. The SMILES string of the molecule is CC(C)(N)C(=O)NCc1ccc(NC(=O)CCCOc2ccccc2)cc1.Cl. The molecule has 0 aromatic heterocycles. The van der Waals surface area contributed by atoms with Gasteiger partial charge in [0.15, 0.2) is 0 Å². The number of carbonyl (C=O) groups is 2. The molecule has 0 aliphatic rings. The highest BCUT2D eigenvalue weighted by Gasteiger charge is 2.20. The van der Waals surface area contributed by atoms with Crippen molar-refractivity contribution < 1.29 is 14.3 Å². The number of ether oxygens (including phenoxy) is 1. The first-order valence-electron chi connectivity index (χ1n) is 8.98. The van der Waals surface area contributed by atoms with Gasteiger partial charge in [-0.1, -0.05) is 30.3 Å². The van der Waals surface area contributed by atoms with E-state index in [4.69, 9.17) is 10.5 Å². The number of halogens is 1. The van der Waals surface area contributed by atoms with Crippen LogP contribution in [0.4, 0.5) is 5.69 Å². The molecule has 2 amide bonds. The number of hydrogen-bond acceptors (Lipinski definition) is 4. The van der Waals surface area contributed by atoms with Crippen molar-refractivity contribution in [2.24, 2.45) is 5.73 Å². The van der Waals surface area contributed by atoms with Crippen LogP contribution in [0.2, 0.25) is 0 Å². The first-order valence-corrected chi connectivity index (χ1v) is 8.98. The first kappa shape index (κ1) is 23.5. The van der Waals surface area contributed by atoms with E-state index in [1.807, 2.05) is 54.6 Å². The summed E-state index contributed by atoms with van der Waals surface area (Å²) in [7, 11) is 0. The van der Waals surface area contributed by atoms with Crippen molar-refractivity contribution in [3.8, 4) is 5.75 Å². The second-order valence-electron chi connectivity index (χ2n) is 6.91. The minimum atomic E-state index is -0.905. The summed E-state index contributed by atoms with van der Waals surface area (Å²) < 4.78 is 5.57. The molecule has 0 aliphatic heterocycles. The maximum absolute atomic E-state index is 12.0. The Morgan fingerprint density at radius 1 is 1.04 bits per heavy atom. The smallest absolute Gasteiger partial charge is 0.239 e. The van der Waals surface area contributed by atoms with Gasteiger partial charge in [-0.15, -0.1) is 12.4 Å². The molecule has 2 aromatic rings. The Morgan fingerprint density at radius 2 is 1.68 bits per heavy atom. The summed E-state index contributed by atoms with van der Waals surface area (Å²) in [4.78, 5) is 23.8. The average Bonchev–Trinajstić information content (AvgIpc) is 2.64. The molecule has 0 heterocycles. The van der Waals surface area contributed by atoms with Crippen molar-refractivity contribution in [1.82, 2.24) is 5.32 Å². The van der Waals surface area contributed by atoms with E-state index in [2.05, 4.69) is 10.6 Å². The molecule has 0 saturated heterocycles. The number of rotatable bonds is 9. The molecule has 0 atom stereocenters. The number of nitrogens with two attached hydrogens (primary N) is 1. The molecule has 0 fully saturated rings. The van der Waals surface area contributed by atoms with Gasteiger partial charge in [0.1, 0.15) is 5.75 Å². The predicted molar refractivity (Wildman–Crippen MR) is 114 cm³/mol. The van der Waals surface area contributed by atoms with Crippen LogP contribution in [0.25, 0.3) is 0 Å². The standard InChI is InChI=1S/C21H27N3O3.ClH/c1-21(2,22)20(26)23-15-16-10-12-17(13-11-16)24-19(25)9-6-14-27-18-7-4-3-5-8-18;/h3-5,7-8,10-13H,6,9,14-15,22H2,1-2H3,(H,23,26)(H,24,25);1H. The zero-order valence-corrected chi connectivity index (χ0v) is 17.1. The molecule has 6 nitrogen and oxygen atoms in total. The van der Waals surface area contributed by atoms with Gasteiger partial charge in [-0.3, -0.25) is 9.59 Å². The van der Waals surface area contributed by atoms with E-state index in [1.165, 1.54) is 0 Å². The summed E-state index contributed by atoms with van der Waals surface area (Å²) in [5.41, 5.74) is 6.48. The summed E-state index contributed by atoms with van der Waals surface area (Å²) in [6.45, 7) is 4.20. The summed E-state index contributed by atoms with van der Waals surface area (Å²) in [5.74, 6) is 0.536. The highest BCUT2D eigenvalue weighted by atomic mass is 35.5. The molecule has 2 aromatic carbocycles. The van der Waals surface area contributed by atoms with Crippen molar-refractivity contribution in [2.45, 2.75) is 38.8 Å². The van der Waals surface area contributed by atoms with Crippen molar-refractivity contribution >= 4 is 29.9 Å². The van der Waals surface area contributed by atoms with Crippen LogP contribution >= 0.6 is 12.4 Å². The zero-order chi connectivity index (χ0) is 19.7. The fourth-order valence-corrected chi connectivity index (χ4v) is 2.28. The molecular formula is C21H28ClN3O3. The number of carbonyl (C=O) groups excluding carboxylic acids is 2. The van der Waals surface area contributed by atoms with Gasteiger partial charge in [-0.25, -0.2) is 0 Å². The molecular weight excluding hydrogens is 378 g/mol. The molecule has 0 unspecified atom stereocenters. The van der Waals surface area contributed by atoms with Crippen LogP contribution in [0.15, 0.2) is 54.6 Å². The van der Waals surface area contributed by atoms with E-state index in [0.717, 1.165) is 17.0 Å². The van der Waals surface area contributed by atoms with Gasteiger partial charge in [0.2, 0.25) is 11.8 Å². The maximum Gasteiger partial charge on any atom is 0.239 e. The van der Waals surface area contributed by atoms with Crippen molar-refractivity contribution in [3.05, 3.63) is 60.2 Å². The molecule has 152 valence electrons. The Balaban J connectivity index is 0.00000392. The molecule has 0 bridgehead atoms. The lowest BCUT2D eigenvalue weighted by Gasteiger charge is -2.17. The van der Waals surface area contributed by atoms with Crippen molar-refractivity contribution in [3.63, 3.8) is 0 Å². The van der Waals surface area contributed by atoms with Gasteiger partial charge in [-0.2, -0.15) is 0 Å². The Kier molecular flexibility index (Phi) is 9.48. The molecule has 2 rings (SSSR count). The molecule has 4 N–H and O–H groups in total. The van der Waals surface area contributed by atoms with E-state index in [-0.39, 0.29) is 24.2 Å². The summed E-state index contributed by atoms with van der Waals surface area (Å²) in [5, 5.41) is 5.64. The van der Waals surface area contributed by atoms with Crippen LogP contribution in [-0.2, 0) is 16.1 Å². The second-order valence-corrected chi connectivity index (χ2v) is 6.91. The highest BCUT2D eigenvalue weighted by Crippen LogP contribution is 2.12. The van der Waals surface area contributed by atoms with E-state index in [9.17, 15) is 9.59 Å². The van der Waals surface area contributed by atoms with E-state index in [1.54, 1.807) is 13.8 Å². The van der Waals surface area contributed by atoms with Crippen LogP contribution in [0.5, 0.6) is 5.75 Å². The topological polar surface area (TPSA) is 93.5 Å². The quantitative estimate of drug-likeness (QED) is 0.558. The Hall–Kier alpha value is -2.57. The minimum Gasteiger partial charge on any atom is -0.494 e. The second kappa shape index (κ2) is 11.3. The Labute approximate surface area is 172 Å². The van der Waals surface area contributed by atoms with Crippen LogP contribution < -0.4 is 21.1 Å². The summed E-state index contributed by atoms with van der Waals surface area (Å²) in [6, 6.07) is 16.9. The lowest BCUT2D eigenvalue weighted by atomic mass is 10.1. The average molecular weight is 406 g/mol. The third-order valence-corrected chi connectivity index (χ3v) is 3.84. The number of nitrogens with one attached hydrogen (secondary N) is 2. The largest absolute Gasteiger partial charge is 0.494 e. The van der Waals surface area contributed by atoms with Crippen molar-refractivity contribution in [2.75, 3.05) is 11.9 Å². The predicted octanol–water partition coefficient (Wildman–Crippen LogP) is 3.26. The molecule has 28 heavy (non-hydrogen) atoms. The summed E-state index contributed by atoms with van der Waals surface area (Å²) in [6.07, 6.45) is 1.02. The van der Waals surface area contributed by atoms with Gasteiger partial charge < -0.3 is 21.1 Å². The van der Waals surface area contributed by atoms with Gasteiger partial charge in [0.05, 0.1) is 12.1 Å². The highest BCUT2D eigenvalue weighted by molar-refractivity contribution is 5.90. The minimum absolute atomic E-state index is 0. The van der Waals surface area contributed by atoms with E-state index >= 15 is 0 Å².